The van der Waals surface area contributed by atoms with Crippen molar-refractivity contribution in [2.24, 2.45) is 11.7 Å². The van der Waals surface area contributed by atoms with Gasteiger partial charge in [0.1, 0.15) is 0 Å². The van der Waals surface area contributed by atoms with Crippen molar-refractivity contribution in [2.45, 2.75) is 37.9 Å². The SMILES string of the molecule is Cl.NC(CNC(=O)CCC(F)(F)F)C1CC1. The summed E-state index contributed by atoms with van der Waals surface area (Å²) in [7, 11) is 0. The Kier molecular flexibility index (Phi) is 6.10. The Bertz CT molecular complexity index is 231. The van der Waals surface area contributed by atoms with Crippen LogP contribution in [0.2, 0.25) is 0 Å². The van der Waals surface area contributed by atoms with Crippen LogP contribution < -0.4 is 11.1 Å². The molecule has 1 unspecified atom stereocenters. The summed E-state index contributed by atoms with van der Waals surface area (Å²) in [5, 5.41) is 2.41. The Morgan fingerprint density at radius 2 is 2.00 bits per heavy atom. The Hall–Kier alpha value is -0.490. The van der Waals surface area contributed by atoms with Gasteiger partial charge in [-0.1, -0.05) is 0 Å². The molecule has 1 rings (SSSR count). The molecule has 0 aromatic heterocycles. The lowest BCUT2D eigenvalue weighted by molar-refractivity contribution is -0.144. The number of carbonyl (C=O) groups excluding carboxylic acids is 1. The molecule has 1 fully saturated rings. The highest BCUT2D eigenvalue weighted by atomic mass is 35.5. The van der Waals surface area contributed by atoms with Crippen molar-refractivity contribution < 1.29 is 18.0 Å². The van der Waals surface area contributed by atoms with E-state index in [1.807, 2.05) is 0 Å². The van der Waals surface area contributed by atoms with Crippen molar-refractivity contribution in [2.75, 3.05) is 6.54 Å². The summed E-state index contributed by atoms with van der Waals surface area (Å²) >= 11 is 0. The molecule has 3 nitrogen and oxygen atoms in total. The van der Waals surface area contributed by atoms with Crippen LogP contribution in [0.3, 0.4) is 0 Å². The number of carbonyl (C=O) groups is 1. The zero-order valence-electron chi connectivity index (χ0n) is 8.72. The minimum atomic E-state index is -4.27. The van der Waals surface area contributed by atoms with Crippen molar-refractivity contribution in [1.82, 2.24) is 5.32 Å². The Balaban J connectivity index is 0.00000225. The van der Waals surface area contributed by atoms with Gasteiger partial charge in [0.05, 0.1) is 6.42 Å². The Morgan fingerprint density at radius 1 is 1.44 bits per heavy atom. The fourth-order valence-electron chi connectivity index (χ4n) is 1.27. The third kappa shape index (κ3) is 6.90. The van der Waals surface area contributed by atoms with Gasteiger partial charge in [-0.3, -0.25) is 4.79 Å². The monoisotopic (exact) mass is 260 g/mol. The molecule has 1 atom stereocenters. The van der Waals surface area contributed by atoms with E-state index in [1.54, 1.807) is 0 Å². The maximum atomic E-state index is 11.7. The summed E-state index contributed by atoms with van der Waals surface area (Å²) < 4.78 is 35.2. The highest BCUT2D eigenvalue weighted by molar-refractivity contribution is 5.85. The first-order valence-electron chi connectivity index (χ1n) is 4.97. The minimum Gasteiger partial charge on any atom is -0.355 e. The van der Waals surface area contributed by atoms with Crippen LogP contribution in [0.1, 0.15) is 25.7 Å². The van der Waals surface area contributed by atoms with E-state index in [0.29, 0.717) is 5.92 Å². The van der Waals surface area contributed by atoms with Crippen LogP contribution in [-0.2, 0) is 4.79 Å². The van der Waals surface area contributed by atoms with Gasteiger partial charge in [0.15, 0.2) is 0 Å². The van der Waals surface area contributed by atoms with E-state index in [-0.39, 0.29) is 25.0 Å². The van der Waals surface area contributed by atoms with E-state index in [0.717, 1.165) is 12.8 Å². The van der Waals surface area contributed by atoms with Gasteiger partial charge in [0.25, 0.3) is 0 Å². The molecule has 0 saturated heterocycles. The van der Waals surface area contributed by atoms with Gasteiger partial charge in [0, 0.05) is 19.0 Å². The number of rotatable bonds is 5. The number of alkyl halides is 3. The number of nitrogens with one attached hydrogen (secondary N) is 1. The van der Waals surface area contributed by atoms with Gasteiger partial charge in [-0.05, 0) is 18.8 Å². The van der Waals surface area contributed by atoms with Crippen LogP contribution in [-0.4, -0.2) is 24.7 Å². The Morgan fingerprint density at radius 3 is 2.44 bits per heavy atom. The van der Waals surface area contributed by atoms with Gasteiger partial charge < -0.3 is 11.1 Å². The second kappa shape index (κ2) is 6.30. The summed E-state index contributed by atoms with van der Waals surface area (Å²) in [5.74, 6) is -0.142. The molecule has 0 radical (unpaired) electrons. The van der Waals surface area contributed by atoms with Gasteiger partial charge >= 0.3 is 6.18 Å². The van der Waals surface area contributed by atoms with Crippen LogP contribution in [0, 0.1) is 5.92 Å². The normalized spacial score (nSPS) is 17.5. The van der Waals surface area contributed by atoms with Gasteiger partial charge in [-0.2, -0.15) is 13.2 Å². The molecule has 0 heterocycles. The van der Waals surface area contributed by atoms with Crippen LogP contribution in [0.5, 0.6) is 0 Å². The molecular formula is C9H16ClF3N2O. The van der Waals surface area contributed by atoms with Crippen molar-refractivity contribution in [3.8, 4) is 0 Å². The first-order chi connectivity index (χ1) is 6.88. The van der Waals surface area contributed by atoms with Crippen molar-refractivity contribution in [3.05, 3.63) is 0 Å². The average Bonchev–Trinajstić information content (AvgIpc) is 2.92. The van der Waals surface area contributed by atoms with E-state index < -0.39 is 24.9 Å². The van der Waals surface area contributed by atoms with Crippen LogP contribution in [0.4, 0.5) is 13.2 Å². The molecule has 7 heteroatoms. The molecule has 1 aliphatic rings. The van der Waals surface area contributed by atoms with E-state index in [1.165, 1.54) is 0 Å². The first-order valence-corrected chi connectivity index (χ1v) is 4.97. The standard InChI is InChI=1S/C9H15F3N2O.ClH/c10-9(11,12)4-3-8(15)14-5-7(13)6-1-2-6;/h6-7H,1-5,13H2,(H,14,15);1H. The summed E-state index contributed by atoms with van der Waals surface area (Å²) in [6.45, 7) is 0.279. The Labute approximate surface area is 98.4 Å². The average molecular weight is 261 g/mol. The molecule has 1 aliphatic carbocycles. The zero-order valence-corrected chi connectivity index (χ0v) is 9.53. The summed E-state index contributed by atoms with van der Waals surface area (Å²) in [6.07, 6.45) is -3.74. The summed E-state index contributed by atoms with van der Waals surface area (Å²) in [5.41, 5.74) is 5.67. The molecule has 0 spiro atoms. The van der Waals surface area contributed by atoms with E-state index in [9.17, 15) is 18.0 Å². The van der Waals surface area contributed by atoms with Crippen LogP contribution >= 0.6 is 12.4 Å². The lowest BCUT2D eigenvalue weighted by Gasteiger charge is -2.12. The molecule has 3 N–H and O–H groups in total. The molecule has 1 saturated carbocycles. The second-order valence-electron chi connectivity index (χ2n) is 3.92. The van der Waals surface area contributed by atoms with Gasteiger partial charge in [-0.25, -0.2) is 0 Å². The highest BCUT2D eigenvalue weighted by Crippen LogP contribution is 2.31. The predicted octanol–water partition coefficient (Wildman–Crippen LogP) is 1.60. The van der Waals surface area contributed by atoms with Crippen molar-refractivity contribution in [3.63, 3.8) is 0 Å². The lowest BCUT2D eigenvalue weighted by atomic mass is 10.2. The molecule has 0 aliphatic heterocycles. The molecule has 0 aromatic rings. The summed E-state index contributed by atoms with van der Waals surface area (Å²) in [4.78, 5) is 11.0. The van der Waals surface area contributed by atoms with E-state index >= 15 is 0 Å². The summed E-state index contributed by atoms with van der Waals surface area (Å²) in [6, 6.07) is -0.111. The second-order valence-corrected chi connectivity index (χ2v) is 3.92. The molecular weight excluding hydrogens is 245 g/mol. The van der Waals surface area contributed by atoms with Gasteiger partial charge in [0.2, 0.25) is 5.91 Å². The third-order valence-corrected chi connectivity index (χ3v) is 2.40. The lowest BCUT2D eigenvalue weighted by Crippen LogP contribution is -2.38. The third-order valence-electron chi connectivity index (χ3n) is 2.40. The number of hydrogen-bond acceptors (Lipinski definition) is 2. The topological polar surface area (TPSA) is 55.1 Å². The van der Waals surface area contributed by atoms with Crippen LogP contribution in [0.15, 0.2) is 0 Å². The minimum absolute atomic E-state index is 0. The van der Waals surface area contributed by atoms with E-state index in [4.69, 9.17) is 5.73 Å². The fourth-order valence-corrected chi connectivity index (χ4v) is 1.27. The fraction of sp³-hybridized carbons (Fsp3) is 0.889. The molecule has 1 amide bonds. The maximum Gasteiger partial charge on any atom is 0.389 e. The van der Waals surface area contributed by atoms with Crippen molar-refractivity contribution >= 4 is 18.3 Å². The molecule has 0 aromatic carbocycles. The molecule has 16 heavy (non-hydrogen) atoms. The molecule has 0 bridgehead atoms. The smallest absolute Gasteiger partial charge is 0.355 e. The molecule has 96 valence electrons. The van der Waals surface area contributed by atoms with Gasteiger partial charge in [-0.15, -0.1) is 12.4 Å². The first kappa shape index (κ1) is 15.5. The zero-order chi connectivity index (χ0) is 11.5. The number of amides is 1. The number of nitrogens with two attached hydrogens (primary N) is 1. The quantitative estimate of drug-likeness (QED) is 0.789. The maximum absolute atomic E-state index is 11.7. The number of halogens is 4. The van der Waals surface area contributed by atoms with Crippen molar-refractivity contribution in [1.29, 1.82) is 0 Å². The van der Waals surface area contributed by atoms with Crippen LogP contribution in [0.25, 0.3) is 0 Å². The highest BCUT2D eigenvalue weighted by Gasteiger charge is 2.30. The predicted molar refractivity (Wildman–Crippen MR) is 56.2 cm³/mol. The largest absolute Gasteiger partial charge is 0.389 e. The van der Waals surface area contributed by atoms with E-state index in [2.05, 4.69) is 5.32 Å². The number of hydrogen-bond donors (Lipinski definition) is 2.